The number of imidazole rings is 1. The maximum absolute atomic E-state index is 15.6. The summed E-state index contributed by atoms with van der Waals surface area (Å²) in [5.74, 6) is -3.62. The van der Waals surface area contributed by atoms with Gasteiger partial charge in [-0.25, -0.2) is 18.6 Å². The second kappa shape index (κ2) is 9.74. The van der Waals surface area contributed by atoms with E-state index in [0.29, 0.717) is 19.4 Å². The summed E-state index contributed by atoms with van der Waals surface area (Å²) in [6.07, 6.45) is 7.12. The third-order valence-corrected chi connectivity index (χ3v) is 5.60. The Balaban J connectivity index is 1.74. The monoisotopic (exact) mass is 467 g/mol. The zero-order valence-corrected chi connectivity index (χ0v) is 18.2. The highest BCUT2D eigenvalue weighted by atomic mass is 19.1. The fraction of sp³-hybridized carbons (Fsp3) is 0.208. The summed E-state index contributed by atoms with van der Waals surface area (Å²) in [7, 11) is 0. The van der Waals surface area contributed by atoms with Gasteiger partial charge in [-0.15, -0.1) is 0 Å². The second-order valence-corrected chi connectivity index (χ2v) is 7.83. The number of pyridine rings is 1. The van der Waals surface area contributed by atoms with Gasteiger partial charge in [-0.2, -0.15) is 0 Å². The minimum atomic E-state index is -1.50. The van der Waals surface area contributed by atoms with Crippen molar-refractivity contribution in [3.05, 3.63) is 88.2 Å². The molecule has 0 radical (unpaired) electrons. The number of nitrogens with two attached hydrogens (primary N) is 1. The molecule has 176 valence electrons. The predicted molar refractivity (Wildman–Crippen MR) is 125 cm³/mol. The van der Waals surface area contributed by atoms with Crippen LogP contribution in [0, 0.1) is 11.6 Å². The molecule has 0 aliphatic carbocycles. The van der Waals surface area contributed by atoms with Crippen LogP contribution in [-0.4, -0.2) is 31.7 Å². The lowest BCUT2D eigenvalue weighted by atomic mass is 10.1. The van der Waals surface area contributed by atoms with E-state index in [2.05, 4.69) is 10.3 Å². The van der Waals surface area contributed by atoms with Gasteiger partial charge in [0.1, 0.15) is 11.3 Å². The Morgan fingerprint density at radius 1 is 1.15 bits per heavy atom. The molecule has 2 heterocycles. The van der Waals surface area contributed by atoms with Crippen LogP contribution in [0.4, 0.5) is 20.2 Å². The van der Waals surface area contributed by atoms with Crippen LogP contribution in [0.3, 0.4) is 0 Å². The Hall–Kier alpha value is -4.21. The Morgan fingerprint density at radius 2 is 1.91 bits per heavy atom. The number of nitrogen functional groups attached to an aromatic ring is 1. The Labute approximate surface area is 193 Å². The highest BCUT2D eigenvalue weighted by Gasteiger charge is 2.25. The van der Waals surface area contributed by atoms with E-state index in [4.69, 9.17) is 5.73 Å². The normalized spacial score (nSPS) is 11.1. The van der Waals surface area contributed by atoms with E-state index in [9.17, 15) is 14.7 Å². The van der Waals surface area contributed by atoms with Gasteiger partial charge in [-0.3, -0.25) is 4.79 Å². The molecule has 2 aromatic carbocycles. The van der Waals surface area contributed by atoms with Crippen molar-refractivity contribution in [2.45, 2.75) is 25.9 Å². The number of aromatic nitrogens is 3. The molecule has 0 amide bonds. The van der Waals surface area contributed by atoms with Crippen LogP contribution in [0.25, 0.3) is 10.9 Å². The smallest absolute Gasteiger partial charge is 0.341 e. The van der Waals surface area contributed by atoms with E-state index in [1.165, 1.54) is 4.57 Å². The van der Waals surface area contributed by atoms with Crippen molar-refractivity contribution in [2.24, 2.45) is 0 Å². The van der Waals surface area contributed by atoms with Crippen molar-refractivity contribution >= 4 is 28.2 Å². The molecule has 2 aromatic heterocycles. The molecule has 8 nitrogen and oxygen atoms in total. The van der Waals surface area contributed by atoms with Crippen molar-refractivity contribution in [3.8, 4) is 0 Å². The lowest BCUT2D eigenvalue weighted by Crippen LogP contribution is -2.22. The van der Waals surface area contributed by atoms with Gasteiger partial charge in [0.2, 0.25) is 5.43 Å². The highest BCUT2D eigenvalue weighted by molar-refractivity contribution is 5.99. The number of carbonyl (C=O) groups is 1. The summed E-state index contributed by atoms with van der Waals surface area (Å²) < 4.78 is 33.8. The van der Waals surface area contributed by atoms with Gasteiger partial charge in [0, 0.05) is 38.2 Å². The number of fused-ring (bicyclic) bond motifs is 1. The molecule has 0 saturated carbocycles. The lowest BCUT2D eigenvalue weighted by Gasteiger charge is -2.18. The fourth-order valence-electron chi connectivity index (χ4n) is 3.88. The quantitative estimate of drug-likeness (QED) is 0.256. The summed E-state index contributed by atoms with van der Waals surface area (Å²) in [5.41, 5.74) is 3.94. The first-order valence-electron chi connectivity index (χ1n) is 10.7. The van der Waals surface area contributed by atoms with Crippen molar-refractivity contribution in [3.63, 3.8) is 0 Å². The topological polar surface area (TPSA) is 115 Å². The average Bonchev–Trinajstić information content (AvgIpc) is 3.35. The Kier molecular flexibility index (Phi) is 6.58. The van der Waals surface area contributed by atoms with Crippen molar-refractivity contribution in [2.75, 3.05) is 17.6 Å². The maximum Gasteiger partial charge on any atom is 0.341 e. The Morgan fingerprint density at radius 3 is 2.59 bits per heavy atom. The van der Waals surface area contributed by atoms with Crippen molar-refractivity contribution < 1.29 is 18.7 Å². The molecule has 0 aliphatic rings. The molecule has 0 fully saturated rings. The molecule has 0 aliphatic heterocycles. The van der Waals surface area contributed by atoms with Crippen LogP contribution >= 0.6 is 0 Å². The second-order valence-electron chi connectivity index (χ2n) is 7.83. The van der Waals surface area contributed by atoms with Gasteiger partial charge in [0.15, 0.2) is 11.6 Å². The number of carboxylic acids is 1. The van der Waals surface area contributed by atoms with E-state index >= 15 is 8.78 Å². The van der Waals surface area contributed by atoms with Crippen LogP contribution in [0.1, 0.15) is 22.3 Å². The molecular formula is C24H23F2N5O3. The largest absolute Gasteiger partial charge is 0.477 e. The van der Waals surface area contributed by atoms with Crippen molar-refractivity contribution in [1.82, 2.24) is 14.1 Å². The molecule has 4 aromatic rings. The molecule has 0 unspecified atom stereocenters. The molecule has 0 bridgehead atoms. The first-order valence-corrected chi connectivity index (χ1v) is 10.7. The van der Waals surface area contributed by atoms with Gasteiger partial charge in [-0.05, 0) is 18.4 Å². The van der Waals surface area contributed by atoms with Gasteiger partial charge >= 0.3 is 5.97 Å². The van der Waals surface area contributed by atoms with E-state index in [0.717, 1.165) is 11.8 Å². The highest BCUT2D eigenvalue weighted by Crippen LogP contribution is 2.33. The predicted octanol–water partition coefficient (Wildman–Crippen LogP) is 3.50. The molecule has 4 N–H and O–H groups in total. The first-order chi connectivity index (χ1) is 16.4. The summed E-state index contributed by atoms with van der Waals surface area (Å²) in [6, 6.07) is 9.30. The number of nitrogens with one attached hydrogen (secondary N) is 1. The number of aryl methyl sites for hydroxylation is 3. The molecule has 0 saturated heterocycles. The SMILES string of the molecule is Nc1c(F)c(NCCCn2ccnc2)c(F)c2c1c(=O)c(C(=O)O)cn2CCc1ccccc1. The van der Waals surface area contributed by atoms with Crippen LogP contribution in [-0.2, 0) is 19.5 Å². The van der Waals surface area contributed by atoms with E-state index < -0.39 is 45.4 Å². The molecule has 10 heteroatoms. The number of aromatic carboxylic acids is 1. The number of carboxylic acid groups (broad SMARTS) is 1. The third-order valence-electron chi connectivity index (χ3n) is 5.60. The maximum atomic E-state index is 15.6. The number of hydrogen-bond donors (Lipinski definition) is 3. The summed E-state index contributed by atoms with van der Waals surface area (Å²) in [4.78, 5) is 28.4. The van der Waals surface area contributed by atoms with Gasteiger partial charge < -0.3 is 25.3 Å². The average molecular weight is 467 g/mol. The summed E-state index contributed by atoms with van der Waals surface area (Å²) >= 11 is 0. The number of halogens is 2. The van der Waals surface area contributed by atoms with E-state index in [1.54, 1.807) is 18.7 Å². The first kappa shape index (κ1) is 23.0. The standard InChI is InChI=1S/C24H23F2N5O3/c25-18-20(27)17-22(19(26)21(18)29-8-4-10-30-12-9-28-14-30)31(13-16(23(17)32)24(33)34)11-7-15-5-2-1-3-6-15/h1-3,5-6,9,12-14,29H,4,7-8,10-11,27H2,(H,33,34). The molecule has 0 atom stereocenters. The molecule has 0 spiro atoms. The van der Waals surface area contributed by atoms with Crippen molar-refractivity contribution in [1.29, 1.82) is 0 Å². The molecule has 34 heavy (non-hydrogen) atoms. The molecular weight excluding hydrogens is 444 g/mol. The van der Waals surface area contributed by atoms with Crippen LogP contribution in [0.15, 0.2) is 60.0 Å². The van der Waals surface area contributed by atoms with E-state index in [1.807, 2.05) is 34.9 Å². The molecule has 4 rings (SSSR count). The fourth-order valence-corrected chi connectivity index (χ4v) is 3.88. The van der Waals surface area contributed by atoms with Gasteiger partial charge in [0.25, 0.3) is 0 Å². The number of rotatable bonds is 9. The lowest BCUT2D eigenvalue weighted by molar-refractivity contribution is 0.0694. The minimum Gasteiger partial charge on any atom is -0.477 e. The van der Waals surface area contributed by atoms with Crippen LogP contribution in [0.5, 0.6) is 0 Å². The summed E-state index contributed by atoms with van der Waals surface area (Å²) in [6.45, 7) is 0.977. The summed E-state index contributed by atoms with van der Waals surface area (Å²) in [5, 5.41) is 11.7. The zero-order chi connectivity index (χ0) is 24.2. The number of nitrogens with zero attached hydrogens (tertiary/aromatic N) is 3. The number of hydrogen-bond acceptors (Lipinski definition) is 5. The minimum absolute atomic E-state index is 0.156. The van der Waals surface area contributed by atoms with E-state index in [-0.39, 0.29) is 18.6 Å². The third kappa shape index (κ3) is 4.47. The van der Waals surface area contributed by atoms with Crippen LogP contribution < -0.4 is 16.5 Å². The van der Waals surface area contributed by atoms with Gasteiger partial charge in [0.05, 0.1) is 22.9 Å². The number of benzene rings is 2. The number of anilines is 2. The van der Waals surface area contributed by atoms with Gasteiger partial charge in [-0.1, -0.05) is 30.3 Å². The zero-order valence-electron chi connectivity index (χ0n) is 18.2. The van der Waals surface area contributed by atoms with Crippen LogP contribution in [0.2, 0.25) is 0 Å². The Bertz CT molecular complexity index is 1390.